The quantitative estimate of drug-likeness (QED) is 0.664. The highest BCUT2D eigenvalue weighted by Gasteiger charge is 2.23. The van der Waals surface area contributed by atoms with Gasteiger partial charge in [-0.15, -0.1) is 0 Å². The molecule has 5 rings (SSSR count). The molecule has 29 heavy (non-hydrogen) atoms. The third-order valence-electron chi connectivity index (χ3n) is 5.52. The summed E-state index contributed by atoms with van der Waals surface area (Å²) in [6, 6.07) is 10.6. The van der Waals surface area contributed by atoms with Crippen LogP contribution in [-0.4, -0.2) is 77.3 Å². The number of hydrogen-bond donors (Lipinski definition) is 0. The molecule has 4 heterocycles. The van der Waals surface area contributed by atoms with Crippen molar-refractivity contribution in [3.63, 3.8) is 0 Å². The first kappa shape index (κ1) is 18.2. The Kier molecular flexibility index (Phi) is 5.19. The molecule has 8 heteroatoms. The highest BCUT2D eigenvalue weighted by molar-refractivity contribution is 5.84. The van der Waals surface area contributed by atoms with E-state index >= 15 is 0 Å². The van der Waals surface area contributed by atoms with E-state index in [2.05, 4.69) is 55.0 Å². The first-order valence-electron chi connectivity index (χ1n) is 10.2. The summed E-state index contributed by atoms with van der Waals surface area (Å²) < 4.78 is 5.50. The first-order chi connectivity index (χ1) is 14.4. The fraction of sp³-hybridized carbons (Fsp3) is 0.429. The number of morpholine rings is 1. The molecule has 0 saturated carbocycles. The number of hydrogen-bond acceptors (Lipinski definition) is 8. The minimum Gasteiger partial charge on any atom is -0.378 e. The van der Waals surface area contributed by atoms with Crippen molar-refractivity contribution >= 4 is 22.9 Å². The number of nitrogens with zero attached hydrogens (tertiary/aromatic N) is 7. The van der Waals surface area contributed by atoms with Crippen LogP contribution < -0.4 is 9.80 Å². The van der Waals surface area contributed by atoms with Crippen molar-refractivity contribution < 1.29 is 4.74 Å². The molecule has 1 aromatic carbocycles. The summed E-state index contributed by atoms with van der Waals surface area (Å²) in [5.74, 6) is 1.62. The Labute approximate surface area is 170 Å². The van der Waals surface area contributed by atoms with Gasteiger partial charge in [-0.3, -0.25) is 4.90 Å². The summed E-state index contributed by atoms with van der Waals surface area (Å²) in [6.45, 7) is 7.81. The predicted molar refractivity (Wildman–Crippen MR) is 112 cm³/mol. The average molecular weight is 391 g/mol. The zero-order valence-electron chi connectivity index (χ0n) is 16.4. The van der Waals surface area contributed by atoms with E-state index in [4.69, 9.17) is 14.7 Å². The minimum atomic E-state index is 0.658. The highest BCUT2D eigenvalue weighted by atomic mass is 16.5. The molecule has 2 saturated heterocycles. The molecule has 2 aliphatic heterocycles. The normalized spacial score (nSPS) is 18.3. The predicted octanol–water partition coefficient (Wildman–Crippen LogP) is 1.58. The second-order valence-electron chi connectivity index (χ2n) is 7.42. The molecule has 0 N–H and O–H groups in total. The Morgan fingerprint density at radius 1 is 0.793 bits per heavy atom. The van der Waals surface area contributed by atoms with Gasteiger partial charge in [-0.1, -0.05) is 30.3 Å². The molecule has 8 nitrogen and oxygen atoms in total. The molecular formula is C21H25N7O. The zero-order valence-corrected chi connectivity index (χ0v) is 16.4. The third-order valence-corrected chi connectivity index (χ3v) is 5.52. The number of benzene rings is 1. The van der Waals surface area contributed by atoms with Crippen molar-refractivity contribution in [3.05, 3.63) is 48.3 Å². The minimum absolute atomic E-state index is 0.658. The van der Waals surface area contributed by atoms with Gasteiger partial charge in [-0.25, -0.2) is 9.97 Å². The molecule has 2 fully saturated rings. The van der Waals surface area contributed by atoms with Gasteiger partial charge in [0, 0.05) is 58.2 Å². The van der Waals surface area contributed by atoms with E-state index in [1.165, 1.54) is 5.56 Å². The maximum absolute atomic E-state index is 5.50. The van der Waals surface area contributed by atoms with E-state index in [9.17, 15) is 0 Å². The van der Waals surface area contributed by atoms with Crippen LogP contribution in [0.2, 0.25) is 0 Å². The Bertz CT molecular complexity index is 954. The van der Waals surface area contributed by atoms with Crippen molar-refractivity contribution in [1.29, 1.82) is 0 Å². The molecule has 150 valence electrons. The van der Waals surface area contributed by atoms with Gasteiger partial charge >= 0.3 is 0 Å². The molecule has 0 spiro atoms. The average Bonchev–Trinajstić information content (AvgIpc) is 2.80. The van der Waals surface area contributed by atoms with E-state index in [1.54, 1.807) is 12.4 Å². The van der Waals surface area contributed by atoms with E-state index < -0.39 is 0 Å². The zero-order chi connectivity index (χ0) is 19.5. The fourth-order valence-corrected chi connectivity index (χ4v) is 3.92. The maximum Gasteiger partial charge on any atom is 0.229 e. The molecule has 0 amide bonds. The summed E-state index contributed by atoms with van der Waals surface area (Å²) in [4.78, 5) is 25.6. The lowest BCUT2D eigenvalue weighted by atomic mass is 10.2. The van der Waals surface area contributed by atoms with Crippen LogP contribution in [0.5, 0.6) is 0 Å². The molecule has 0 unspecified atom stereocenters. The molecule has 3 aromatic rings. The van der Waals surface area contributed by atoms with Gasteiger partial charge in [-0.2, -0.15) is 9.97 Å². The van der Waals surface area contributed by atoms with E-state index in [0.29, 0.717) is 18.9 Å². The van der Waals surface area contributed by atoms with Crippen molar-refractivity contribution in [2.75, 3.05) is 62.3 Å². The monoisotopic (exact) mass is 391 g/mol. The van der Waals surface area contributed by atoms with Crippen LogP contribution in [-0.2, 0) is 11.3 Å². The third kappa shape index (κ3) is 3.99. The van der Waals surface area contributed by atoms with Crippen LogP contribution in [0.4, 0.5) is 11.8 Å². The molecule has 2 aliphatic rings. The second-order valence-corrected chi connectivity index (χ2v) is 7.42. The number of piperazine rings is 1. The first-order valence-corrected chi connectivity index (χ1v) is 10.2. The lowest BCUT2D eigenvalue weighted by molar-refractivity contribution is 0.122. The number of fused-ring (bicyclic) bond motifs is 1. The van der Waals surface area contributed by atoms with Crippen molar-refractivity contribution in [1.82, 2.24) is 24.8 Å². The fourth-order valence-electron chi connectivity index (χ4n) is 3.92. The number of ether oxygens (including phenoxy) is 1. The lowest BCUT2D eigenvalue weighted by Crippen LogP contribution is -2.46. The van der Waals surface area contributed by atoms with E-state index in [1.807, 2.05) is 0 Å². The van der Waals surface area contributed by atoms with Gasteiger partial charge in [0.2, 0.25) is 5.95 Å². The van der Waals surface area contributed by atoms with Crippen LogP contribution in [0, 0.1) is 0 Å². The summed E-state index contributed by atoms with van der Waals surface area (Å²) in [5, 5.41) is 0. The number of rotatable bonds is 4. The highest BCUT2D eigenvalue weighted by Crippen LogP contribution is 2.25. The molecule has 0 bridgehead atoms. The van der Waals surface area contributed by atoms with Crippen molar-refractivity contribution in [2.45, 2.75) is 6.54 Å². The van der Waals surface area contributed by atoms with Crippen LogP contribution in [0.15, 0.2) is 42.7 Å². The van der Waals surface area contributed by atoms with Gasteiger partial charge in [0.1, 0.15) is 0 Å². The van der Waals surface area contributed by atoms with Gasteiger partial charge < -0.3 is 14.5 Å². The van der Waals surface area contributed by atoms with Gasteiger partial charge in [-0.05, 0) is 5.56 Å². The molecular weight excluding hydrogens is 366 g/mol. The standard InChI is InChI=1S/C21H25N7O/c1-2-4-17(5-3-1)16-26-8-10-28(11-9-26)21-24-19-18(22-6-7-23-19)20(25-21)27-12-14-29-15-13-27/h1-7H,8-16H2. The van der Waals surface area contributed by atoms with Crippen LogP contribution in [0.25, 0.3) is 11.2 Å². The molecule has 2 aromatic heterocycles. The van der Waals surface area contributed by atoms with Crippen LogP contribution in [0.1, 0.15) is 5.56 Å². The Balaban J connectivity index is 1.35. The smallest absolute Gasteiger partial charge is 0.229 e. The second kappa shape index (κ2) is 8.26. The topological polar surface area (TPSA) is 70.5 Å². The van der Waals surface area contributed by atoms with E-state index in [0.717, 1.165) is 63.1 Å². The van der Waals surface area contributed by atoms with Gasteiger partial charge in [0.15, 0.2) is 17.0 Å². The lowest BCUT2D eigenvalue weighted by Gasteiger charge is -2.35. The molecule has 0 atom stereocenters. The summed E-state index contributed by atoms with van der Waals surface area (Å²) in [5.41, 5.74) is 2.78. The molecule has 0 radical (unpaired) electrons. The number of anilines is 2. The Hall–Kier alpha value is -2.84. The number of aromatic nitrogens is 4. The van der Waals surface area contributed by atoms with Crippen LogP contribution in [0.3, 0.4) is 0 Å². The summed E-state index contributed by atoms with van der Waals surface area (Å²) >= 11 is 0. The van der Waals surface area contributed by atoms with Crippen molar-refractivity contribution in [3.8, 4) is 0 Å². The van der Waals surface area contributed by atoms with Crippen molar-refractivity contribution in [2.24, 2.45) is 0 Å². The van der Waals surface area contributed by atoms with Gasteiger partial charge in [0.05, 0.1) is 13.2 Å². The summed E-state index contributed by atoms with van der Waals surface area (Å²) in [7, 11) is 0. The largest absolute Gasteiger partial charge is 0.378 e. The Morgan fingerprint density at radius 2 is 1.55 bits per heavy atom. The summed E-state index contributed by atoms with van der Waals surface area (Å²) in [6.07, 6.45) is 3.40. The SMILES string of the molecule is c1ccc(CN2CCN(c3nc(N4CCOCC4)c4nccnc4n3)CC2)cc1. The van der Waals surface area contributed by atoms with Crippen LogP contribution >= 0.6 is 0 Å². The molecule has 0 aliphatic carbocycles. The maximum atomic E-state index is 5.50. The van der Waals surface area contributed by atoms with E-state index in [-0.39, 0.29) is 0 Å². The van der Waals surface area contributed by atoms with Gasteiger partial charge in [0.25, 0.3) is 0 Å². The Morgan fingerprint density at radius 3 is 2.34 bits per heavy atom.